The highest BCUT2D eigenvalue weighted by Crippen LogP contribution is 2.22. The molecule has 3 heterocycles. The first-order valence-corrected chi connectivity index (χ1v) is 9.75. The maximum absolute atomic E-state index is 12.5. The van der Waals surface area contributed by atoms with Crippen molar-refractivity contribution in [2.24, 2.45) is 0 Å². The number of carbonyl (C=O) groups excluding carboxylic acids is 1. The van der Waals surface area contributed by atoms with Crippen molar-refractivity contribution in [2.45, 2.75) is 12.8 Å². The Balaban J connectivity index is 1.36. The van der Waals surface area contributed by atoms with E-state index >= 15 is 0 Å². The van der Waals surface area contributed by atoms with Crippen LogP contribution in [0.1, 0.15) is 23.2 Å². The van der Waals surface area contributed by atoms with Crippen LogP contribution in [0, 0.1) is 0 Å². The quantitative estimate of drug-likeness (QED) is 0.903. The second-order valence-electron chi connectivity index (χ2n) is 7.39. The lowest BCUT2D eigenvalue weighted by Gasteiger charge is -2.33. The molecule has 2 saturated heterocycles. The van der Waals surface area contributed by atoms with E-state index in [4.69, 9.17) is 0 Å². The Morgan fingerprint density at radius 1 is 0.889 bits per heavy atom. The van der Waals surface area contributed by atoms with Gasteiger partial charge in [0.1, 0.15) is 5.82 Å². The van der Waals surface area contributed by atoms with Crippen LogP contribution in [-0.4, -0.2) is 62.1 Å². The van der Waals surface area contributed by atoms with Crippen LogP contribution in [0.4, 0.5) is 17.2 Å². The van der Waals surface area contributed by atoms with Gasteiger partial charge in [0.25, 0.3) is 5.91 Å². The molecule has 0 spiro atoms. The van der Waals surface area contributed by atoms with Crippen LogP contribution in [-0.2, 0) is 0 Å². The molecule has 4 rings (SSSR count). The summed E-state index contributed by atoms with van der Waals surface area (Å²) < 4.78 is 0. The van der Waals surface area contributed by atoms with Crippen molar-refractivity contribution in [3.8, 4) is 0 Å². The number of likely N-dealkylation sites (N-methyl/N-ethyl adjacent to an activating group) is 1. The zero-order chi connectivity index (χ0) is 18.6. The Hall–Kier alpha value is -2.60. The van der Waals surface area contributed by atoms with Gasteiger partial charge in [-0.3, -0.25) is 4.79 Å². The molecular weight excluding hydrogens is 338 g/mol. The molecule has 0 bridgehead atoms. The normalized spacial score (nSPS) is 18.0. The van der Waals surface area contributed by atoms with Gasteiger partial charge in [0, 0.05) is 56.8 Å². The van der Waals surface area contributed by atoms with Gasteiger partial charge in [-0.2, -0.15) is 0 Å². The molecule has 0 aliphatic carbocycles. The average Bonchev–Trinajstić information content (AvgIpc) is 3.24. The number of benzene rings is 1. The summed E-state index contributed by atoms with van der Waals surface area (Å²) in [4.78, 5) is 24.0. The molecule has 2 fully saturated rings. The van der Waals surface area contributed by atoms with E-state index in [1.54, 1.807) is 6.20 Å². The number of hydrogen-bond acceptors (Lipinski definition) is 5. The van der Waals surface area contributed by atoms with Crippen molar-refractivity contribution >= 4 is 23.1 Å². The van der Waals surface area contributed by atoms with E-state index in [0.717, 1.165) is 50.8 Å². The average molecular weight is 365 g/mol. The SMILES string of the molecule is CN1CCN(c2ccc(C(=O)Nc3ccc(N4CCCC4)cc3)cn2)CC1. The van der Waals surface area contributed by atoms with Gasteiger partial charge in [0.15, 0.2) is 0 Å². The molecule has 1 N–H and O–H groups in total. The minimum atomic E-state index is -0.124. The molecule has 2 aliphatic heterocycles. The Labute approximate surface area is 160 Å². The largest absolute Gasteiger partial charge is 0.372 e. The Kier molecular flexibility index (Phi) is 5.25. The van der Waals surface area contributed by atoms with Gasteiger partial charge >= 0.3 is 0 Å². The number of amides is 1. The maximum atomic E-state index is 12.5. The fourth-order valence-electron chi connectivity index (χ4n) is 3.68. The predicted octanol–water partition coefficient (Wildman–Crippen LogP) is 2.69. The predicted molar refractivity (Wildman–Crippen MR) is 110 cm³/mol. The third kappa shape index (κ3) is 4.22. The molecule has 6 heteroatoms. The Bertz CT molecular complexity index is 760. The molecule has 2 aromatic rings. The van der Waals surface area contributed by atoms with E-state index in [9.17, 15) is 4.79 Å². The van der Waals surface area contributed by atoms with E-state index in [1.807, 2.05) is 24.3 Å². The van der Waals surface area contributed by atoms with Crippen molar-refractivity contribution in [3.05, 3.63) is 48.2 Å². The van der Waals surface area contributed by atoms with Crippen LogP contribution in [0.3, 0.4) is 0 Å². The van der Waals surface area contributed by atoms with Crippen LogP contribution in [0.2, 0.25) is 0 Å². The first-order valence-electron chi connectivity index (χ1n) is 9.75. The molecule has 142 valence electrons. The summed E-state index contributed by atoms with van der Waals surface area (Å²) in [7, 11) is 2.13. The third-order valence-corrected chi connectivity index (χ3v) is 5.43. The van der Waals surface area contributed by atoms with E-state index in [1.165, 1.54) is 18.5 Å². The van der Waals surface area contributed by atoms with Gasteiger partial charge in [-0.05, 0) is 56.3 Å². The van der Waals surface area contributed by atoms with Crippen LogP contribution in [0.25, 0.3) is 0 Å². The zero-order valence-electron chi connectivity index (χ0n) is 15.9. The number of piperazine rings is 1. The number of pyridine rings is 1. The molecule has 0 atom stereocenters. The van der Waals surface area contributed by atoms with Crippen LogP contribution < -0.4 is 15.1 Å². The number of carbonyl (C=O) groups is 1. The van der Waals surface area contributed by atoms with Crippen molar-refractivity contribution in [3.63, 3.8) is 0 Å². The second kappa shape index (κ2) is 7.96. The lowest BCUT2D eigenvalue weighted by Crippen LogP contribution is -2.44. The van der Waals surface area contributed by atoms with Gasteiger partial charge in [0.05, 0.1) is 5.56 Å². The monoisotopic (exact) mass is 365 g/mol. The van der Waals surface area contributed by atoms with E-state index in [2.05, 4.69) is 44.2 Å². The highest BCUT2D eigenvalue weighted by atomic mass is 16.1. The van der Waals surface area contributed by atoms with Crippen LogP contribution in [0.15, 0.2) is 42.6 Å². The molecule has 27 heavy (non-hydrogen) atoms. The third-order valence-electron chi connectivity index (χ3n) is 5.43. The lowest BCUT2D eigenvalue weighted by molar-refractivity contribution is 0.102. The van der Waals surface area contributed by atoms with Gasteiger partial charge < -0.3 is 20.0 Å². The molecule has 2 aliphatic rings. The summed E-state index contributed by atoms with van der Waals surface area (Å²) in [6, 6.07) is 11.9. The first-order chi connectivity index (χ1) is 13.2. The molecule has 0 unspecified atom stereocenters. The topological polar surface area (TPSA) is 51.7 Å². The highest BCUT2D eigenvalue weighted by Gasteiger charge is 2.16. The summed E-state index contributed by atoms with van der Waals surface area (Å²) in [6.45, 7) is 6.26. The summed E-state index contributed by atoms with van der Waals surface area (Å²) in [6.07, 6.45) is 4.19. The van der Waals surface area contributed by atoms with Gasteiger partial charge in [0.2, 0.25) is 0 Å². The molecule has 1 aromatic carbocycles. The van der Waals surface area contributed by atoms with Crippen LogP contribution in [0.5, 0.6) is 0 Å². The summed E-state index contributed by atoms with van der Waals surface area (Å²) in [5, 5.41) is 2.96. The van der Waals surface area contributed by atoms with E-state index < -0.39 is 0 Å². The van der Waals surface area contributed by atoms with Crippen molar-refractivity contribution in [1.82, 2.24) is 9.88 Å². The number of nitrogens with one attached hydrogen (secondary N) is 1. The number of nitrogens with zero attached hydrogens (tertiary/aromatic N) is 4. The summed E-state index contributed by atoms with van der Waals surface area (Å²) in [5.41, 5.74) is 2.62. The number of anilines is 3. The minimum Gasteiger partial charge on any atom is -0.372 e. The summed E-state index contributed by atoms with van der Waals surface area (Å²) in [5.74, 6) is 0.816. The van der Waals surface area contributed by atoms with Gasteiger partial charge in [-0.25, -0.2) is 4.98 Å². The van der Waals surface area contributed by atoms with Crippen molar-refractivity contribution in [2.75, 3.05) is 61.4 Å². The second-order valence-corrected chi connectivity index (χ2v) is 7.39. The van der Waals surface area contributed by atoms with Crippen LogP contribution >= 0.6 is 0 Å². The minimum absolute atomic E-state index is 0.124. The van der Waals surface area contributed by atoms with Gasteiger partial charge in [-0.15, -0.1) is 0 Å². The molecule has 6 nitrogen and oxygen atoms in total. The fraction of sp³-hybridized carbons (Fsp3) is 0.429. The summed E-state index contributed by atoms with van der Waals surface area (Å²) >= 11 is 0. The van der Waals surface area contributed by atoms with E-state index in [-0.39, 0.29) is 5.91 Å². The molecule has 0 radical (unpaired) electrons. The number of aromatic nitrogens is 1. The molecule has 1 aromatic heterocycles. The molecule has 0 saturated carbocycles. The number of rotatable bonds is 4. The lowest BCUT2D eigenvalue weighted by atomic mass is 10.2. The Morgan fingerprint density at radius 2 is 1.59 bits per heavy atom. The van der Waals surface area contributed by atoms with E-state index in [0.29, 0.717) is 5.56 Å². The molecule has 1 amide bonds. The van der Waals surface area contributed by atoms with Gasteiger partial charge in [-0.1, -0.05) is 0 Å². The highest BCUT2D eigenvalue weighted by molar-refractivity contribution is 6.04. The Morgan fingerprint density at radius 3 is 2.22 bits per heavy atom. The maximum Gasteiger partial charge on any atom is 0.257 e. The van der Waals surface area contributed by atoms with Crippen molar-refractivity contribution in [1.29, 1.82) is 0 Å². The first kappa shape index (κ1) is 17.8. The fourth-order valence-corrected chi connectivity index (χ4v) is 3.68. The number of hydrogen-bond donors (Lipinski definition) is 1. The van der Waals surface area contributed by atoms with Crippen molar-refractivity contribution < 1.29 is 4.79 Å². The smallest absolute Gasteiger partial charge is 0.257 e. The zero-order valence-corrected chi connectivity index (χ0v) is 15.9. The molecular formula is C21H27N5O. The standard InChI is InChI=1S/C21H27N5O/c1-24-12-14-26(15-13-24)20-9-4-17(16-22-20)21(27)23-18-5-7-19(8-6-18)25-10-2-3-11-25/h4-9,16H,2-3,10-15H2,1H3,(H,23,27).